The first kappa shape index (κ1) is 15.6. The number of para-hydroxylation sites is 1. The van der Waals surface area contributed by atoms with Gasteiger partial charge in [-0.25, -0.2) is 4.98 Å². The van der Waals surface area contributed by atoms with Crippen molar-refractivity contribution >= 4 is 43.4 Å². The molecule has 0 atom stereocenters. The molecule has 0 spiro atoms. The Labute approximate surface area is 149 Å². The van der Waals surface area contributed by atoms with E-state index in [2.05, 4.69) is 10.3 Å². The van der Waals surface area contributed by atoms with E-state index in [4.69, 9.17) is 4.74 Å². The summed E-state index contributed by atoms with van der Waals surface area (Å²) in [6.07, 6.45) is 0. The Hall–Kier alpha value is -2.92. The van der Waals surface area contributed by atoms with Crippen molar-refractivity contribution in [1.29, 1.82) is 0 Å². The maximum atomic E-state index is 12.2. The van der Waals surface area contributed by atoms with E-state index in [-0.39, 0.29) is 12.5 Å². The van der Waals surface area contributed by atoms with Crippen LogP contribution in [0, 0.1) is 6.92 Å². The number of fused-ring (bicyclic) bond motifs is 2. The van der Waals surface area contributed by atoms with E-state index in [1.165, 1.54) is 11.3 Å². The molecule has 4 aromatic rings. The smallest absolute Gasteiger partial charge is 0.264 e. The third-order valence-electron chi connectivity index (χ3n) is 3.98. The average molecular weight is 348 g/mol. The molecule has 25 heavy (non-hydrogen) atoms. The van der Waals surface area contributed by atoms with Crippen molar-refractivity contribution < 1.29 is 9.53 Å². The van der Waals surface area contributed by atoms with Gasteiger partial charge >= 0.3 is 0 Å². The zero-order valence-electron chi connectivity index (χ0n) is 13.7. The normalized spacial score (nSPS) is 10.9. The second kappa shape index (κ2) is 6.53. The molecule has 5 heteroatoms. The number of amides is 1. The lowest BCUT2D eigenvalue weighted by atomic mass is 10.1. The number of hydrogen-bond acceptors (Lipinski definition) is 4. The van der Waals surface area contributed by atoms with Crippen LogP contribution < -0.4 is 10.1 Å². The zero-order valence-corrected chi connectivity index (χ0v) is 14.5. The van der Waals surface area contributed by atoms with Crippen molar-refractivity contribution in [3.8, 4) is 5.75 Å². The highest BCUT2D eigenvalue weighted by atomic mass is 32.1. The molecule has 0 aliphatic rings. The largest absolute Gasteiger partial charge is 0.483 e. The first-order valence-electron chi connectivity index (χ1n) is 7.97. The van der Waals surface area contributed by atoms with Crippen LogP contribution in [0.3, 0.4) is 0 Å². The predicted octanol–water partition coefficient (Wildman–Crippen LogP) is 4.78. The van der Waals surface area contributed by atoms with Crippen LogP contribution in [0.5, 0.6) is 5.75 Å². The van der Waals surface area contributed by atoms with Gasteiger partial charge in [-0.15, -0.1) is 0 Å². The number of anilines is 1. The van der Waals surface area contributed by atoms with Gasteiger partial charge in [0.25, 0.3) is 5.91 Å². The monoisotopic (exact) mass is 348 g/mol. The molecule has 1 aromatic heterocycles. The van der Waals surface area contributed by atoms with E-state index < -0.39 is 0 Å². The van der Waals surface area contributed by atoms with Crippen LogP contribution in [-0.2, 0) is 4.79 Å². The van der Waals surface area contributed by atoms with Crippen molar-refractivity contribution in [3.05, 3.63) is 66.2 Å². The summed E-state index contributed by atoms with van der Waals surface area (Å²) in [7, 11) is 0. The van der Waals surface area contributed by atoms with E-state index >= 15 is 0 Å². The number of hydrogen-bond donors (Lipinski definition) is 1. The highest BCUT2D eigenvalue weighted by Crippen LogP contribution is 2.28. The molecule has 1 amide bonds. The van der Waals surface area contributed by atoms with Gasteiger partial charge < -0.3 is 4.74 Å². The molecular formula is C20H16N2O2S. The molecule has 3 aromatic carbocycles. The molecule has 0 radical (unpaired) electrons. The Kier molecular flexibility index (Phi) is 4.07. The van der Waals surface area contributed by atoms with Crippen molar-refractivity contribution in [1.82, 2.24) is 4.98 Å². The number of ether oxygens (including phenoxy) is 1. The van der Waals surface area contributed by atoms with Crippen LogP contribution in [0.15, 0.2) is 60.7 Å². The number of rotatable bonds is 4. The highest BCUT2D eigenvalue weighted by Gasteiger charge is 2.10. The molecule has 0 aliphatic heterocycles. The molecular weight excluding hydrogens is 332 g/mol. The standard InChI is InChI=1S/C20H16N2O2S/c1-13-6-4-11-17-19(13)22-20(25-17)21-18(23)12-24-16-10-5-8-14-7-2-3-9-15(14)16/h2-11H,12H2,1H3,(H,21,22,23). The molecule has 0 unspecified atom stereocenters. The Bertz CT molecular complexity index is 1070. The Morgan fingerprint density at radius 1 is 1.08 bits per heavy atom. The number of thiazole rings is 1. The zero-order chi connectivity index (χ0) is 17.2. The Morgan fingerprint density at radius 2 is 1.88 bits per heavy atom. The lowest BCUT2D eigenvalue weighted by Gasteiger charge is -2.08. The molecule has 1 heterocycles. The van der Waals surface area contributed by atoms with Gasteiger partial charge in [0.2, 0.25) is 0 Å². The van der Waals surface area contributed by atoms with Crippen LogP contribution in [0.1, 0.15) is 5.56 Å². The summed E-state index contributed by atoms with van der Waals surface area (Å²) < 4.78 is 6.78. The molecule has 1 N–H and O–H groups in total. The fourth-order valence-electron chi connectivity index (χ4n) is 2.76. The summed E-state index contributed by atoms with van der Waals surface area (Å²) in [4.78, 5) is 16.7. The quantitative estimate of drug-likeness (QED) is 0.578. The first-order valence-corrected chi connectivity index (χ1v) is 8.79. The summed E-state index contributed by atoms with van der Waals surface area (Å²) in [5, 5.41) is 5.49. The third kappa shape index (κ3) is 3.19. The van der Waals surface area contributed by atoms with Crippen LogP contribution >= 0.6 is 11.3 Å². The van der Waals surface area contributed by atoms with Crippen molar-refractivity contribution in [2.75, 3.05) is 11.9 Å². The number of nitrogens with one attached hydrogen (secondary N) is 1. The molecule has 124 valence electrons. The number of aromatic nitrogens is 1. The van der Waals surface area contributed by atoms with Crippen molar-refractivity contribution in [3.63, 3.8) is 0 Å². The maximum Gasteiger partial charge on any atom is 0.264 e. The minimum Gasteiger partial charge on any atom is -0.483 e. The molecule has 4 nitrogen and oxygen atoms in total. The molecule has 0 saturated carbocycles. The first-order chi connectivity index (χ1) is 12.2. The fraction of sp³-hybridized carbons (Fsp3) is 0.100. The van der Waals surface area contributed by atoms with E-state index in [1.807, 2.05) is 67.6 Å². The summed E-state index contributed by atoms with van der Waals surface area (Å²) in [6.45, 7) is 1.96. The lowest BCUT2D eigenvalue weighted by molar-refractivity contribution is -0.118. The average Bonchev–Trinajstić information content (AvgIpc) is 3.04. The van der Waals surface area contributed by atoms with Gasteiger partial charge in [0, 0.05) is 5.39 Å². The van der Waals surface area contributed by atoms with E-state index in [0.717, 1.165) is 26.6 Å². The van der Waals surface area contributed by atoms with Gasteiger partial charge in [-0.2, -0.15) is 0 Å². The summed E-state index contributed by atoms with van der Waals surface area (Å²) >= 11 is 1.47. The van der Waals surface area contributed by atoms with Crippen molar-refractivity contribution in [2.45, 2.75) is 6.92 Å². The van der Waals surface area contributed by atoms with Gasteiger partial charge in [0.1, 0.15) is 5.75 Å². The summed E-state index contributed by atoms with van der Waals surface area (Å²) in [6, 6.07) is 19.8. The molecule has 4 rings (SSSR count). The summed E-state index contributed by atoms with van der Waals surface area (Å²) in [5.41, 5.74) is 2.03. The van der Waals surface area contributed by atoms with E-state index in [1.54, 1.807) is 0 Å². The summed E-state index contributed by atoms with van der Waals surface area (Å²) in [5.74, 6) is 0.484. The SMILES string of the molecule is Cc1cccc2sc(NC(=O)COc3cccc4ccccc34)nc12. The second-order valence-corrected chi connectivity index (χ2v) is 6.79. The van der Waals surface area contributed by atoms with E-state index in [9.17, 15) is 4.79 Å². The van der Waals surface area contributed by atoms with Gasteiger partial charge in [0.05, 0.1) is 10.2 Å². The van der Waals surface area contributed by atoms with Gasteiger partial charge in [0.15, 0.2) is 11.7 Å². The topological polar surface area (TPSA) is 51.2 Å². The molecule has 0 bridgehead atoms. The predicted molar refractivity (Wildman–Crippen MR) is 102 cm³/mol. The van der Waals surface area contributed by atoms with Crippen LogP contribution in [0.25, 0.3) is 21.0 Å². The number of carbonyl (C=O) groups excluding carboxylic acids is 1. The minimum absolute atomic E-state index is 0.0527. The Balaban J connectivity index is 1.47. The van der Waals surface area contributed by atoms with E-state index in [0.29, 0.717) is 10.9 Å². The number of nitrogens with zero attached hydrogens (tertiary/aromatic N) is 1. The maximum absolute atomic E-state index is 12.2. The lowest BCUT2D eigenvalue weighted by Crippen LogP contribution is -2.20. The van der Waals surface area contributed by atoms with Crippen molar-refractivity contribution in [2.24, 2.45) is 0 Å². The minimum atomic E-state index is -0.218. The Morgan fingerprint density at radius 3 is 2.76 bits per heavy atom. The number of aryl methyl sites for hydroxylation is 1. The number of benzene rings is 3. The third-order valence-corrected chi connectivity index (χ3v) is 4.91. The van der Waals surface area contributed by atoms with Gasteiger partial charge in [-0.3, -0.25) is 10.1 Å². The van der Waals surface area contributed by atoms with Crippen LogP contribution in [0.4, 0.5) is 5.13 Å². The molecule has 0 saturated heterocycles. The van der Waals surface area contributed by atoms with Gasteiger partial charge in [-0.05, 0) is 30.0 Å². The number of carbonyl (C=O) groups is 1. The molecule has 0 fully saturated rings. The van der Waals surface area contributed by atoms with Gasteiger partial charge in [-0.1, -0.05) is 59.9 Å². The highest BCUT2D eigenvalue weighted by molar-refractivity contribution is 7.22. The van der Waals surface area contributed by atoms with Crippen LogP contribution in [-0.4, -0.2) is 17.5 Å². The second-order valence-electron chi connectivity index (χ2n) is 5.75. The van der Waals surface area contributed by atoms with Crippen LogP contribution in [0.2, 0.25) is 0 Å². The fourth-order valence-corrected chi connectivity index (χ4v) is 3.72. The molecule has 0 aliphatic carbocycles.